The Kier molecular flexibility index (Phi) is 4.83. The predicted octanol–water partition coefficient (Wildman–Crippen LogP) is 4.39. The van der Waals surface area contributed by atoms with E-state index in [1.165, 1.54) is 5.56 Å². The lowest BCUT2D eigenvalue weighted by molar-refractivity contribution is -0.127. The molecule has 0 radical (unpaired) electrons. The molecule has 2 aromatic rings. The Hall–Kier alpha value is -2.44. The van der Waals surface area contributed by atoms with Crippen LogP contribution in [-0.4, -0.2) is 14.2 Å². The second-order valence-electron chi connectivity index (χ2n) is 9.42. The van der Waals surface area contributed by atoms with Gasteiger partial charge in [0.25, 0.3) is 0 Å². The fraction of sp³-hybridized carbons (Fsp3) is 0.400. The zero-order valence-electron chi connectivity index (χ0n) is 17.6. The number of rotatable bonds is 3. The quantitative estimate of drug-likeness (QED) is 0.722. The van der Waals surface area contributed by atoms with Crippen molar-refractivity contribution in [3.8, 4) is 5.75 Å². The summed E-state index contributed by atoms with van der Waals surface area (Å²) in [4.78, 5) is 13.4. The summed E-state index contributed by atoms with van der Waals surface area (Å²) < 4.78 is 27.4. The molecule has 0 bridgehead atoms. The number of nitrogens with two attached hydrogens (primary N) is 1. The Bertz CT molecular complexity index is 1170. The summed E-state index contributed by atoms with van der Waals surface area (Å²) in [5.41, 5.74) is 4.17. The van der Waals surface area contributed by atoms with E-state index in [-0.39, 0.29) is 11.2 Å². The van der Waals surface area contributed by atoms with Gasteiger partial charge in [-0.3, -0.25) is 4.79 Å². The maximum absolute atomic E-state index is 13.4. The Labute approximate surface area is 183 Å². The van der Waals surface area contributed by atoms with Gasteiger partial charge in [-0.15, -0.1) is 0 Å². The van der Waals surface area contributed by atoms with Crippen LogP contribution in [0.25, 0.3) is 6.08 Å². The van der Waals surface area contributed by atoms with Crippen LogP contribution >= 0.6 is 0 Å². The van der Waals surface area contributed by atoms with Gasteiger partial charge in [-0.1, -0.05) is 43.3 Å². The van der Waals surface area contributed by atoms with Gasteiger partial charge in [0.15, 0.2) is 5.78 Å². The van der Waals surface area contributed by atoms with Crippen molar-refractivity contribution in [1.82, 2.24) is 0 Å². The van der Waals surface area contributed by atoms with Crippen molar-refractivity contribution in [1.29, 1.82) is 0 Å². The molecule has 6 heteroatoms. The van der Waals surface area contributed by atoms with Gasteiger partial charge in [-0.05, 0) is 90.3 Å². The van der Waals surface area contributed by atoms with E-state index in [9.17, 15) is 13.2 Å². The molecule has 5 rings (SSSR count). The molecular weight excluding hydrogens is 410 g/mol. The first-order valence-electron chi connectivity index (χ1n) is 10.9. The highest BCUT2D eigenvalue weighted by Gasteiger charge is 2.56. The first-order chi connectivity index (χ1) is 14.7. The fourth-order valence-electron chi connectivity index (χ4n) is 6.29. The molecule has 0 aromatic heterocycles. The Balaban J connectivity index is 1.44. The summed E-state index contributed by atoms with van der Waals surface area (Å²) in [6.07, 6.45) is 6.64. The number of hydrogen-bond acceptors (Lipinski definition) is 4. The molecule has 4 atom stereocenters. The minimum atomic E-state index is -4.03. The summed E-state index contributed by atoms with van der Waals surface area (Å²) >= 11 is 0. The standard InChI is InChI=1S/C25H27NO4S/c1-25-12-11-21-20-10-8-19(30-31(26,28)29)14-17(20)7-9-22(21)23(25)15-18(24(25)27)13-16-5-3-2-4-6-16/h2-6,8,10,13-14,21-23H,7,9,11-12,15H2,1H3,(H2,26,28,29)/b18-13+. The van der Waals surface area contributed by atoms with Crippen LogP contribution in [-0.2, 0) is 21.5 Å². The van der Waals surface area contributed by atoms with Gasteiger partial charge in [-0.2, -0.15) is 13.6 Å². The summed E-state index contributed by atoms with van der Waals surface area (Å²) in [5, 5.41) is 5.02. The van der Waals surface area contributed by atoms with Crippen molar-refractivity contribution >= 4 is 22.2 Å². The van der Waals surface area contributed by atoms with Crippen LogP contribution in [0, 0.1) is 17.3 Å². The van der Waals surface area contributed by atoms with Crippen molar-refractivity contribution in [2.45, 2.75) is 44.9 Å². The summed E-state index contributed by atoms with van der Waals surface area (Å²) in [5.74, 6) is 1.80. The van der Waals surface area contributed by atoms with Crippen LogP contribution in [0.1, 0.15) is 55.2 Å². The first kappa shape index (κ1) is 20.5. The lowest BCUT2D eigenvalue weighted by atomic mass is 9.55. The van der Waals surface area contributed by atoms with Crippen molar-refractivity contribution in [3.63, 3.8) is 0 Å². The largest absolute Gasteiger partial charge is 0.380 e. The third-order valence-electron chi connectivity index (χ3n) is 7.69. The molecule has 0 heterocycles. The van der Waals surface area contributed by atoms with Crippen LogP contribution in [0.2, 0.25) is 0 Å². The zero-order chi connectivity index (χ0) is 21.8. The van der Waals surface area contributed by atoms with Gasteiger partial charge in [0.2, 0.25) is 0 Å². The molecule has 2 saturated carbocycles. The normalized spacial score (nSPS) is 31.1. The van der Waals surface area contributed by atoms with E-state index in [1.54, 1.807) is 6.07 Å². The summed E-state index contributed by atoms with van der Waals surface area (Å²) in [6.45, 7) is 2.17. The number of Topliss-reactive ketones (excluding diaryl/α,β-unsaturated/α-hetero) is 1. The molecule has 0 saturated heterocycles. The number of hydrogen-bond donors (Lipinski definition) is 1. The van der Waals surface area contributed by atoms with Crippen LogP contribution in [0.15, 0.2) is 54.1 Å². The molecule has 2 fully saturated rings. The molecule has 2 aromatic carbocycles. The predicted molar refractivity (Wildman–Crippen MR) is 120 cm³/mol. The Morgan fingerprint density at radius 1 is 1.13 bits per heavy atom. The number of allylic oxidation sites excluding steroid dienone is 1. The highest BCUT2D eigenvalue weighted by atomic mass is 32.2. The zero-order valence-corrected chi connectivity index (χ0v) is 18.4. The second kappa shape index (κ2) is 7.31. The van der Waals surface area contributed by atoms with Gasteiger partial charge < -0.3 is 4.18 Å². The van der Waals surface area contributed by atoms with Gasteiger partial charge in [0.1, 0.15) is 5.75 Å². The summed E-state index contributed by atoms with van der Waals surface area (Å²) in [7, 11) is -4.03. The number of carbonyl (C=O) groups is 1. The third kappa shape index (κ3) is 3.62. The molecule has 0 aliphatic heterocycles. The first-order valence-corrected chi connectivity index (χ1v) is 12.4. The smallest absolute Gasteiger partial charge is 0.371 e. The van der Waals surface area contributed by atoms with E-state index in [0.29, 0.717) is 23.5 Å². The topological polar surface area (TPSA) is 86.5 Å². The van der Waals surface area contributed by atoms with Crippen LogP contribution < -0.4 is 9.32 Å². The van der Waals surface area contributed by atoms with E-state index >= 15 is 0 Å². The van der Waals surface area contributed by atoms with Crippen molar-refractivity contribution < 1.29 is 17.4 Å². The lowest BCUT2D eigenvalue weighted by Crippen LogP contribution is -2.42. The molecule has 5 nitrogen and oxygen atoms in total. The van der Waals surface area contributed by atoms with E-state index in [2.05, 4.69) is 13.0 Å². The van der Waals surface area contributed by atoms with Crippen molar-refractivity contribution in [3.05, 3.63) is 70.8 Å². The minimum absolute atomic E-state index is 0.268. The Morgan fingerprint density at radius 2 is 1.90 bits per heavy atom. The molecule has 2 N–H and O–H groups in total. The van der Waals surface area contributed by atoms with E-state index in [4.69, 9.17) is 9.32 Å². The number of ketones is 1. The second-order valence-corrected chi connectivity index (χ2v) is 10.6. The van der Waals surface area contributed by atoms with Gasteiger partial charge in [-0.25, -0.2) is 0 Å². The SMILES string of the molecule is CC12CCC3c4ccc(OS(N)(=O)=O)cc4CCC3C1C/C(=C\c1ccccc1)C2=O. The summed E-state index contributed by atoms with van der Waals surface area (Å²) in [6, 6.07) is 15.6. The van der Waals surface area contributed by atoms with Gasteiger partial charge in [0.05, 0.1) is 0 Å². The van der Waals surface area contributed by atoms with Gasteiger partial charge >= 0.3 is 10.3 Å². The minimum Gasteiger partial charge on any atom is -0.371 e. The number of aryl methyl sites for hydroxylation is 1. The number of benzene rings is 2. The molecular formula is C25H27NO4S. The van der Waals surface area contributed by atoms with Crippen LogP contribution in [0.4, 0.5) is 0 Å². The third-order valence-corrected chi connectivity index (χ3v) is 8.12. The molecule has 3 aliphatic rings. The maximum atomic E-state index is 13.4. The molecule has 0 amide bonds. The highest BCUT2D eigenvalue weighted by Crippen LogP contribution is 2.60. The molecule has 4 unspecified atom stereocenters. The van der Waals surface area contributed by atoms with E-state index < -0.39 is 10.3 Å². The van der Waals surface area contributed by atoms with Crippen LogP contribution in [0.5, 0.6) is 5.75 Å². The van der Waals surface area contributed by atoms with Crippen LogP contribution in [0.3, 0.4) is 0 Å². The lowest BCUT2D eigenvalue weighted by Gasteiger charge is -2.48. The monoisotopic (exact) mass is 437 g/mol. The van der Waals surface area contributed by atoms with E-state index in [0.717, 1.165) is 48.8 Å². The van der Waals surface area contributed by atoms with Crippen molar-refractivity contribution in [2.75, 3.05) is 0 Å². The van der Waals surface area contributed by atoms with Gasteiger partial charge in [0, 0.05) is 5.41 Å². The highest BCUT2D eigenvalue weighted by molar-refractivity contribution is 7.84. The molecule has 162 valence electrons. The maximum Gasteiger partial charge on any atom is 0.380 e. The average molecular weight is 438 g/mol. The number of fused-ring (bicyclic) bond motifs is 5. The average Bonchev–Trinajstić information content (AvgIpc) is 2.98. The molecule has 0 spiro atoms. The Morgan fingerprint density at radius 3 is 2.65 bits per heavy atom. The molecule has 3 aliphatic carbocycles. The number of carbonyl (C=O) groups excluding carboxylic acids is 1. The van der Waals surface area contributed by atoms with Crippen molar-refractivity contribution in [2.24, 2.45) is 22.4 Å². The van der Waals surface area contributed by atoms with E-state index in [1.807, 2.05) is 42.5 Å². The fourth-order valence-corrected chi connectivity index (χ4v) is 6.67. The molecule has 31 heavy (non-hydrogen) atoms.